The van der Waals surface area contributed by atoms with Crippen molar-refractivity contribution in [2.24, 2.45) is 0 Å². The predicted molar refractivity (Wildman–Crippen MR) is 44.8 cm³/mol. The van der Waals surface area contributed by atoms with Gasteiger partial charge in [0.05, 0.1) is 19.8 Å². The summed E-state index contributed by atoms with van der Waals surface area (Å²) in [7, 11) is 0. The van der Waals surface area contributed by atoms with E-state index in [0.29, 0.717) is 0 Å². The summed E-state index contributed by atoms with van der Waals surface area (Å²) in [4.78, 5) is 11.1. The molecule has 0 aromatic rings. The highest BCUT2D eigenvalue weighted by Crippen LogP contribution is 2.11. The molecule has 13 heavy (non-hydrogen) atoms. The maximum Gasteiger partial charge on any atom is 0.398 e. The van der Waals surface area contributed by atoms with Gasteiger partial charge in [0.1, 0.15) is 0 Å². The Balaban J connectivity index is 4.27. The monoisotopic (exact) mass is 192 g/mol. The Morgan fingerprint density at radius 2 is 1.62 bits per heavy atom. The van der Waals surface area contributed by atoms with Gasteiger partial charge in [-0.25, -0.2) is 4.79 Å². The van der Waals surface area contributed by atoms with E-state index >= 15 is 0 Å². The highest BCUT2D eigenvalue weighted by molar-refractivity contribution is 5.75. The van der Waals surface area contributed by atoms with Crippen molar-refractivity contribution in [2.75, 3.05) is 19.8 Å². The van der Waals surface area contributed by atoms with E-state index in [4.69, 9.17) is 9.47 Å². The van der Waals surface area contributed by atoms with Crippen molar-refractivity contribution in [3.63, 3.8) is 0 Å². The largest absolute Gasteiger partial charge is 0.460 e. The molecule has 0 aromatic heterocycles. The molecule has 0 rings (SSSR count). The third-order valence-corrected chi connectivity index (χ3v) is 1.21. The van der Waals surface area contributed by atoms with Gasteiger partial charge in [0, 0.05) is 0 Å². The van der Waals surface area contributed by atoms with Crippen molar-refractivity contribution in [1.29, 1.82) is 0 Å². The fraction of sp³-hybridized carbons (Fsp3) is 0.875. The first kappa shape index (κ1) is 12.3. The minimum Gasteiger partial charge on any atom is -0.460 e. The summed E-state index contributed by atoms with van der Waals surface area (Å²) in [5.74, 6) is -3.17. The summed E-state index contributed by atoms with van der Waals surface area (Å²) in [5, 5.41) is 9.49. The van der Waals surface area contributed by atoms with Gasteiger partial charge in [0.2, 0.25) is 0 Å². The van der Waals surface area contributed by atoms with Crippen LogP contribution in [0.5, 0.6) is 0 Å². The van der Waals surface area contributed by atoms with E-state index in [2.05, 4.69) is 4.74 Å². The number of esters is 1. The maximum absolute atomic E-state index is 11.1. The number of ether oxygens (including phenoxy) is 3. The Morgan fingerprint density at radius 1 is 1.15 bits per heavy atom. The molecular weight excluding hydrogens is 176 g/mol. The lowest BCUT2D eigenvalue weighted by Crippen LogP contribution is -2.45. The fourth-order valence-electron chi connectivity index (χ4n) is 0.773. The molecule has 0 aliphatic carbocycles. The second-order valence-corrected chi connectivity index (χ2v) is 2.17. The van der Waals surface area contributed by atoms with Crippen molar-refractivity contribution in [3.8, 4) is 0 Å². The molecule has 0 saturated heterocycles. The van der Waals surface area contributed by atoms with Gasteiger partial charge in [0.15, 0.2) is 0 Å². The summed E-state index contributed by atoms with van der Waals surface area (Å²) in [6.07, 6.45) is 0. The summed E-state index contributed by atoms with van der Waals surface area (Å²) in [6.45, 7) is 5.41. The van der Waals surface area contributed by atoms with Crippen LogP contribution in [-0.2, 0) is 19.0 Å². The minimum atomic E-state index is -2.25. The van der Waals surface area contributed by atoms with Crippen molar-refractivity contribution >= 4 is 5.97 Å². The summed E-state index contributed by atoms with van der Waals surface area (Å²) < 4.78 is 14.1. The molecule has 0 saturated carbocycles. The first-order chi connectivity index (χ1) is 6.10. The number of carbonyl (C=O) groups excluding carboxylic acids is 1. The molecule has 0 heterocycles. The smallest absolute Gasteiger partial charge is 0.398 e. The average molecular weight is 192 g/mol. The summed E-state index contributed by atoms with van der Waals surface area (Å²) >= 11 is 0. The highest BCUT2D eigenvalue weighted by Gasteiger charge is 2.40. The van der Waals surface area contributed by atoms with Crippen LogP contribution < -0.4 is 0 Å². The third kappa shape index (κ3) is 3.71. The molecule has 0 atom stereocenters. The van der Waals surface area contributed by atoms with Crippen LogP contribution in [0.15, 0.2) is 0 Å². The van der Waals surface area contributed by atoms with Gasteiger partial charge >= 0.3 is 11.9 Å². The number of hydrogen-bond donors (Lipinski definition) is 1. The van der Waals surface area contributed by atoms with Crippen molar-refractivity contribution in [1.82, 2.24) is 0 Å². The maximum atomic E-state index is 11.1. The first-order valence-corrected chi connectivity index (χ1v) is 4.28. The van der Waals surface area contributed by atoms with Gasteiger partial charge in [-0.3, -0.25) is 0 Å². The predicted octanol–water partition coefficient (Wildman–Crippen LogP) is 0.269. The van der Waals surface area contributed by atoms with Crippen LogP contribution in [0, 0.1) is 0 Å². The highest BCUT2D eigenvalue weighted by atomic mass is 16.8. The fourth-order valence-corrected chi connectivity index (χ4v) is 0.773. The molecule has 5 heteroatoms. The molecule has 0 radical (unpaired) electrons. The Labute approximate surface area is 77.6 Å². The summed E-state index contributed by atoms with van der Waals surface area (Å²) in [5.41, 5.74) is 0. The van der Waals surface area contributed by atoms with Gasteiger partial charge in [-0.15, -0.1) is 0 Å². The van der Waals surface area contributed by atoms with E-state index in [1.165, 1.54) is 0 Å². The van der Waals surface area contributed by atoms with E-state index in [0.717, 1.165) is 0 Å². The molecule has 0 aliphatic rings. The van der Waals surface area contributed by atoms with Crippen LogP contribution in [0.1, 0.15) is 20.8 Å². The van der Waals surface area contributed by atoms with Crippen LogP contribution in [0.2, 0.25) is 0 Å². The van der Waals surface area contributed by atoms with Crippen LogP contribution >= 0.6 is 0 Å². The Morgan fingerprint density at radius 3 is 1.92 bits per heavy atom. The normalized spacial score (nSPS) is 11.4. The van der Waals surface area contributed by atoms with Gasteiger partial charge in [0.25, 0.3) is 0 Å². The molecule has 0 aromatic carbocycles. The standard InChI is InChI=1S/C8H16O5/c1-4-11-7(9)8(10,12-5-2)13-6-3/h10H,4-6H2,1-3H3. The molecule has 1 N–H and O–H groups in total. The Bertz CT molecular complexity index is 151. The molecule has 78 valence electrons. The Kier molecular flexibility index (Phi) is 5.61. The zero-order valence-electron chi connectivity index (χ0n) is 8.20. The van der Waals surface area contributed by atoms with Gasteiger partial charge in [-0.1, -0.05) is 0 Å². The van der Waals surface area contributed by atoms with Gasteiger partial charge < -0.3 is 19.3 Å². The first-order valence-electron chi connectivity index (χ1n) is 4.28. The van der Waals surface area contributed by atoms with E-state index in [9.17, 15) is 9.90 Å². The van der Waals surface area contributed by atoms with E-state index in [-0.39, 0.29) is 19.8 Å². The zero-order valence-corrected chi connectivity index (χ0v) is 8.20. The molecular formula is C8H16O5. The second-order valence-electron chi connectivity index (χ2n) is 2.17. The summed E-state index contributed by atoms with van der Waals surface area (Å²) in [6, 6.07) is 0. The number of aliphatic hydroxyl groups is 1. The van der Waals surface area contributed by atoms with E-state index in [1.54, 1.807) is 20.8 Å². The molecule has 0 fully saturated rings. The molecule has 5 nitrogen and oxygen atoms in total. The van der Waals surface area contributed by atoms with E-state index in [1.807, 2.05) is 0 Å². The molecule has 0 spiro atoms. The van der Waals surface area contributed by atoms with Gasteiger partial charge in [-0.2, -0.15) is 0 Å². The Hall–Kier alpha value is -0.650. The quantitative estimate of drug-likeness (QED) is 0.483. The lowest BCUT2D eigenvalue weighted by atomic mass is 10.5. The molecule has 0 aliphatic heterocycles. The van der Waals surface area contributed by atoms with Crippen LogP contribution in [-0.4, -0.2) is 36.9 Å². The molecule has 0 bridgehead atoms. The van der Waals surface area contributed by atoms with Crippen molar-refractivity contribution in [2.45, 2.75) is 26.7 Å². The third-order valence-electron chi connectivity index (χ3n) is 1.21. The second kappa shape index (κ2) is 5.90. The van der Waals surface area contributed by atoms with Crippen LogP contribution in [0.3, 0.4) is 0 Å². The SMILES string of the molecule is CCOC(=O)C(O)(OCC)OCC. The minimum absolute atomic E-state index is 0.162. The number of hydrogen-bond acceptors (Lipinski definition) is 5. The van der Waals surface area contributed by atoms with Crippen LogP contribution in [0.25, 0.3) is 0 Å². The zero-order chi connectivity index (χ0) is 10.3. The lowest BCUT2D eigenvalue weighted by molar-refractivity contribution is -0.342. The molecule has 0 unspecified atom stereocenters. The van der Waals surface area contributed by atoms with Crippen molar-refractivity contribution in [3.05, 3.63) is 0 Å². The molecule has 0 amide bonds. The van der Waals surface area contributed by atoms with Crippen LogP contribution in [0.4, 0.5) is 0 Å². The van der Waals surface area contributed by atoms with Gasteiger partial charge in [-0.05, 0) is 20.8 Å². The average Bonchev–Trinajstić information content (AvgIpc) is 2.05. The number of rotatable bonds is 6. The van der Waals surface area contributed by atoms with E-state index < -0.39 is 11.9 Å². The van der Waals surface area contributed by atoms with Crippen molar-refractivity contribution < 1.29 is 24.1 Å². The topological polar surface area (TPSA) is 65.0 Å². The number of carbonyl (C=O) groups is 1. The lowest BCUT2D eigenvalue weighted by Gasteiger charge is -2.23.